The second-order valence-electron chi connectivity index (χ2n) is 5.45. The average molecular weight is 280 g/mol. The molecular formula is C18H22N3. The van der Waals surface area contributed by atoms with Crippen molar-refractivity contribution in [1.82, 2.24) is 10.2 Å². The number of nitrogens with zero attached hydrogens (tertiary/aromatic N) is 1. The van der Waals surface area contributed by atoms with Gasteiger partial charge in [-0.1, -0.05) is 24.3 Å². The Morgan fingerprint density at radius 3 is 2.33 bits per heavy atom. The third-order valence-electron chi connectivity index (χ3n) is 3.89. The maximum absolute atomic E-state index is 3.40. The number of rotatable bonds is 5. The highest BCUT2D eigenvalue weighted by Crippen LogP contribution is 2.16. The number of piperazine rings is 1. The average Bonchev–Trinajstić information content (AvgIpc) is 2.56. The Kier molecular flexibility index (Phi) is 4.87. The molecule has 0 spiro atoms. The lowest BCUT2D eigenvalue weighted by Gasteiger charge is -2.27. The molecule has 3 rings (SSSR count). The first-order valence-corrected chi connectivity index (χ1v) is 7.65. The van der Waals surface area contributed by atoms with E-state index in [2.05, 4.69) is 45.9 Å². The normalized spacial score (nSPS) is 15.8. The van der Waals surface area contributed by atoms with Gasteiger partial charge in [-0.3, -0.25) is 0 Å². The van der Waals surface area contributed by atoms with Gasteiger partial charge in [0.2, 0.25) is 0 Å². The van der Waals surface area contributed by atoms with Gasteiger partial charge < -0.3 is 15.5 Å². The summed E-state index contributed by atoms with van der Waals surface area (Å²) in [6.45, 7) is 5.74. The molecule has 3 nitrogen and oxygen atoms in total. The van der Waals surface area contributed by atoms with Crippen molar-refractivity contribution >= 4 is 11.4 Å². The Morgan fingerprint density at radius 2 is 1.62 bits per heavy atom. The summed E-state index contributed by atoms with van der Waals surface area (Å²) in [6.07, 6.45) is 1.13. The first-order valence-electron chi connectivity index (χ1n) is 7.65. The molecule has 0 bridgehead atoms. The van der Waals surface area contributed by atoms with E-state index in [0.717, 1.165) is 37.4 Å². The number of benzene rings is 2. The molecule has 0 unspecified atom stereocenters. The van der Waals surface area contributed by atoms with E-state index in [1.807, 2.05) is 24.3 Å². The van der Waals surface area contributed by atoms with Crippen LogP contribution in [0.15, 0.2) is 48.5 Å². The van der Waals surface area contributed by atoms with Crippen LogP contribution in [0.25, 0.3) is 0 Å². The van der Waals surface area contributed by atoms with Crippen LogP contribution in [-0.4, -0.2) is 37.6 Å². The van der Waals surface area contributed by atoms with Gasteiger partial charge >= 0.3 is 0 Å². The molecule has 0 atom stereocenters. The van der Waals surface area contributed by atoms with Crippen LogP contribution in [0.1, 0.15) is 5.56 Å². The molecule has 2 N–H and O–H groups in total. The van der Waals surface area contributed by atoms with Gasteiger partial charge in [0.05, 0.1) is 0 Å². The van der Waals surface area contributed by atoms with Crippen molar-refractivity contribution in [3.8, 4) is 0 Å². The van der Waals surface area contributed by atoms with Crippen LogP contribution in [-0.2, 0) is 6.42 Å². The molecular weight excluding hydrogens is 258 g/mol. The quantitative estimate of drug-likeness (QED) is 0.882. The third kappa shape index (κ3) is 4.31. The standard InChI is InChI=1S/C18H22N3/c1-2-4-17(5-3-1)20-18-8-6-16(7-9-18)10-13-21-14-11-19-12-15-21/h2-9,19-20H,10-15H2. The number of nitrogens with one attached hydrogen (secondary N) is 2. The summed E-state index contributed by atoms with van der Waals surface area (Å²) >= 11 is 0. The summed E-state index contributed by atoms with van der Waals surface area (Å²) in [7, 11) is 0. The summed E-state index contributed by atoms with van der Waals surface area (Å²) in [5, 5.41) is 6.79. The molecule has 2 aromatic carbocycles. The van der Waals surface area contributed by atoms with E-state index >= 15 is 0 Å². The minimum atomic E-state index is 1.10. The summed E-state index contributed by atoms with van der Waals surface area (Å²) in [4.78, 5) is 2.53. The topological polar surface area (TPSA) is 27.3 Å². The van der Waals surface area contributed by atoms with Crippen LogP contribution >= 0.6 is 0 Å². The number of anilines is 2. The lowest BCUT2D eigenvalue weighted by atomic mass is 10.1. The molecule has 0 aliphatic carbocycles. The summed E-state index contributed by atoms with van der Waals surface area (Å²) in [6, 6.07) is 19.7. The van der Waals surface area contributed by atoms with Gasteiger partial charge in [-0.05, 0) is 42.3 Å². The van der Waals surface area contributed by atoms with Gasteiger partial charge in [0.1, 0.15) is 0 Å². The molecule has 0 saturated carbocycles. The minimum Gasteiger partial charge on any atom is -0.356 e. The van der Waals surface area contributed by atoms with Crippen molar-refractivity contribution in [1.29, 1.82) is 0 Å². The van der Waals surface area contributed by atoms with Gasteiger partial charge in [-0.15, -0.1) is 0 Å². The van der Waals surface area contributed by atoms with E-state index < -0.39 is 0 Å². The molecule has 0 amide bonds. The molecule has 1 saturated heterocycles. The van der Waals surface area contributed by atoms with E-state index in [9.17, 15) is 0 Å². The van der Waals surface area contributed by atoms with Crippen LogP contribution in [0.3, 0.4) is 0 Å². The van der Waals surface area contributed by atoms with Gasteiger partial charge in [0.15, 0.2) is 0 Å². The van der Waals surface area contributed by atoms with Crippen molar-refractivity contribution in [2.75, 3.05) is 38.0 Å². The zero-order valence-corrected chi connectivity index (χ0v) is 12.3. The molecule has 1 aliphatic rings. The van der Waals surface area contributed by atoms with Gasteiger partial charge in [0.25, 0.3) is 0 Å². The van der Waals surface area contributed by atoms with Crippen molar-refractivity contribution < 1.29 is 0 Å². The summed E-state index contributed by atoms with van der Waals surface area (Å²) in [5.41, 5.74) is 3.63. The van der Waals surface area contributed by atoms with Gasteiger partial charge in [0, 0.05) is 44.1 Å². The van der Waals surface area contributed by atoms with Crippen molar-refractivity contribution in [2.24, 2.45) is 0 Å². The Bertz CT molecular complexity index is 530. The molecule has 21 heavy (non-hydrogen) atoms. The summed E-state index contributed by atoms with van der Waals surface area (Å²) in [5.74, 6) is 0. The Hall–Kier alpha value is -1.84. The Labute approximate surface area is 127 Å². The molecule has 2 aromatic rings. The molecule has 109 valence electrons. The fraction of sp³-hybridized carbons (Fsp3) is 0.333. The van der Waals surface area contributed by atoms with Crippen LogP contribution in [0, 0.1) is 6.07 Å². The van der Waals surface area contributed by atoms with Crippen LogP contribution < -0.4 is 10.6 Å². The highest BCUT2D eigenvalue weighted by atomic mass is 15.2. The highest BCUT2D eigenvalue weighted by Gasteiger charge is 2.08. The monoisotopic (exact) mass is 280 g/mol. The van der Waals surface area contributed by atoms with Gasteiger partial charge in [-0.25, -0.2) is 0 Å². The fourth-order valence-corrected chi connectivity index (χ4v) is 2.61. The molecule has 3 heteroatoms. The van der Waals surface area contributed by atoms with E-state index in [-0.39, 0.29) is 0 Å². The lowest BCUT2D eigenvalue weighted by molar-refractivity contribution is 0.244. The SMILES string of the molecule is [c]1ccc(Nc2ccc(CCN3CCNCC3)cc2)cc1. The van der Waals surface area contributed by atoms with Crippen molar-refractivity contribution in [3.05, 3.63) is 60.2 Å². The smallest absolute Gasteiger partial charge is 0.0384 e. The minimum absolute atomic E-state index is 1.10. The van der Waals surface area contributed by atoms with Crippen LogP contribution in [0.5, 0.6) is 0 Å². The fourth-order valence-electron chi connectivity index (χ4n) is 2.61. The van der Waals surface area contributed by atoms with E-state index in [1.165, 1.54) is 18.7 Å². The highest BCUT2D eigenvalue weighted by molar-refractivity contribution is 5.59. The molecule has 1 aliphatic heterocycles. The summed E-state index contributed by atoms with van der Waals surface area (Å²) < 4.78 is 0. The second-order valence-corrected chi connectivity index (χ2v) is 5.45. The Balaban J connectivity index is 1.51. The first kappa shape index (κ1) is 14.1. The maximum atomic E-state index is 3.40. The molecule has 0 aromatic heterocycles. The van der Waals surface area contributed by atoms with Gasteiger partial charge in [-0.2, -0.15) is 0 Å². The van der Waals surface area contributed by atoms with Crippen LogP contribution in [0.4, 0.5) is 11.4 Å². The molecule has 1 radical (unpaired) electrons. The lowest BCUT2D eigenvalue weighted by Crippen LogP contribution is -2.44. The second kappa shape index (κ2) is 7.25. The Morgan fingerprint density at radius 1 is 0.952 bits per heavy atom. The zero-order valence-electron chi connectivity index (χ0n) is 12.3. The predicted octanol–water partition coefficient (Wildman–Crippen LogP) is 2.68. The van der Waals surface area contributed by atoms with Crippen LogP contribution in [0.2, 0.25) is 0 Å². The van der Waals surface area contributed by atoms with E-state index in [0.29, 0.717) is 0 Å². The predicted molar refractivity (Wildman–Crippen MR) is 88.0 cm³/mol. The molecule has 1 fully saturated rings. The van der Waals surface area contributed by atoms with Crippen molar-refractivity contribution in [2.45, 2.75) is 6.42 Å². The van der Waals surface area contributed by atoms with E-state index in [4.69, 9.17) is 0 Å². The maximum Gasteiger partial charge on any atom is 0.0384 e. The number of hydrogen-bond donors (Lipinski definition) is 2. The zero-order chi connectivity index (χ0) is 14.3. The molecule has 1 heterocycles. The van der Waals surface area contributed by atoms with E-state index in [1.54, 1.807) is 0 Å². The first-order chi connectivity index (χ1) is 10.4. The largest absolute Gasteiger partial charge is 0.356 e. The third-order valence-corrected chi connectivity index (χ3v) is 3.89. The van der Waals surface area contributed by atoms with Crippen molar-refractivity contribution in [3.63, 3.8) is 0 Å². The number of hydrogen-bond acceptors (Lipinski definition) is 3.